The number of ether oxygens (including phenoxy) is 2. The van der Waals surface area contributed by atoms with Crippen molar-refractivity contribution in [1.82, 2.24) is 4.90 Å². The van der Waals surface area contributed by atoms with E-state index in [0.29, 0.717) is 0 Å². The second kappa shape index (κ2) is 7.90. The number of fused-ring (bicyclic) bond motifs is 1. The molecule has 1 saturated heterocycles. The van der Waals surface area contributed by atoms with Gasteiger partial charge in [0.2, 0.25) is 23.3 Å². The lowest BCUT2D eigenvalue weighted by Gasteiger charge is -2.35. The predicted octanol–water partition coefficient (Wildman–Crippen LogP) is 1.49. The van der Waals surface area contributed by atoms with Crippen LogP contribution >= 0.6 is 0 Å². The smallest absolute Gasteiger partial charge is 0.315 e. The standard InChI is InChI=1S/C20H19F4NO8S/c1-5(2)25-15-7-4-8(16(15)32-6(3)26)10(9(7)19(25)27)20(28)33-17-11(21)13(23)18(34(29,30)31)14(24)12(17)22/h5,7-10,15-16H,4H2,1-3H3,(H,29,30,31)/p-1. The highest BCUT2D eigenvalue weighted by Crippen LogP contribution is 2.60. The molecule has 0 N–H and O–H groups in total. The Morgan fingerprint density at radius 3 is 2.09 bits per heavy atom. The molecule has 0 aromatic heterocycles. The Morgan fingerprint density at radius 1 is 1.06 bits per heavy atom. The molecular weight excluding hydrogens is 490 g/mol. The van der Waals surface area contributed by atoms with Gasteiger partial charge in [-0.3, -0.25) is 14.4 Å². The number of carbonyl (C=O) groups excluding carboxylic acids is 3. The van der Waals surface area contributed by atoms with Crippen molar-refractivity contribution in [3.8, 4) is 5.75 Å². The van der Waals surface area contributed by atoms with Gasteiger partial charge < -0.3 is 18.9 Å². The van der Waals surface area contributed by atoms with Crippen molar-refractivity contribution >= 4 is 28.0 Å². The van der Waals surface area contributed by atoms with E-state index in [0.717, 1.165) is 6.92 Å². The molecule has 186 valence electrons. The SMILES string of the molecule is CC(=O)OC1C2CC3C(C(=O)N(C(C)C)C31)C2C(=O)Oc1c(F)c(F)c(S(=O)(=O)[O-])c(F)c1F. The van der Waals surface area contributed by atoms with E-state index < -0.39 is 97.7 Å². The van der Waals surface area contributed by atoms with Gasteiger partial charge >= 0.3 is 11.9 Å². The quantitative estimate of drug-likeness (QED) is 0.192. The van der Waals surface area contributed by atoms with Crippen molar-refractivity contribution < 1.29 is 54.4 Å². The Kier molecular flexibility index (Phi) is 5.67. The Labute approximate surface area is 190 Å². The Hall–Kier alpha value is -2.74. The molecule has 6 atom stereocenters. The fourth-order valence-electron chi connectivity index (χ4n) is 5.69. The lowest BCUT2D eigenvalue weighted by Crippen LogP contribution is -2.48. The zero-order valence-corrected chi connectivity index (χ0v) is 18.7. The lowest BCUT2D eigenvalue weighted by atomic mass is 9.78. The highest BCUT2D eigenvalue weighted by molar-refractivity contribution is 7.85. The molecule has 1 amide bonds. The number of hydrogen-bond acceptors (Lipinski definition) is 8. The fraction of sp³-hybridized carbons (Fsp3) is 0.550. The molecule has 6 unspecified atom stereocenters. The summed E-state index contributed by atoms with van der Waals surface area (Å²) < 4.78 is 99.7. The molecule has 1 heterocycles. The molecule has 0 radical (unpaired) electrons. The number of rotatable bonds is 5. The normalized spacial score (nSPS) is 29.8. The average Bonchev–Trinajstić information content (AvgIpc) is 3.31. The predicted molar refractivity (Wildman–Crippen MR) is 99.8 cm³/mol. The number of esters is 2. The zero-order valence-electron chi connectivity index (χ0n) is 17.9. The summed E-state index contributed by atoms with van der Waals surface area (Å²) in [7, 11) is -5.94. The molecule has 1 aliphatic heterocycles. The molecule has 2 saturated carbocycles. The highest BCUT2D eigenvalue weighted by atomic mass is 32.2. The van der Waals surface area contributed by atoms with Gasteiger partial charge in [-0.1, -0.05) is 0 Å². The molecular formula is C20H18F4NO8S-. The van der Waals surface area contributed by atoms with Gasteiger partial charge in [-0.25, -0.2) is 17.2 Å². The first-order chi connectivity index (χ1) is 15.7. The maximum atomic E-state index is 14.3. The van der Waals surface area contributed by atoms with Crippen molar-refractivity contribution in [2.75, 3.05) is 0 Å². The maximum absolute atomic E-state index is 14.3. The first kappa shape index (κ1) is 24.4. The van der Waals surface area contributed by atoms with Crippen LogP contribution in [0.4, 0.5) is 17.6 Å². The van der Waals surface area contributed by atoms with Crippen molar-refractivity contribution in [2.24, 2.45) is 23.7 Å². The van der Waals surface area contributed by atoms with Gasteiger partial charge in [-0.15, -0.1) is 0 Å². The van der Waals surface area contributed by atoms with Crippen LogP contribution in [-0.2, 0) is 29.2 Å². The highest BCUT2D eigenvalue weighted by Gasteiger charge is 2.71. The van der Waals surface area contributed by atoms with E-state index in [9.17, 15) is 44.9 Å². The third kappa shape index (κ3) is 3.37. The van der Waals surface area contributed by atoms with Crippen molar-refractivity contribution in [1.29, 1.82) is 0 Å². The number of amides is 1. The molecule has 3 fully saturated rings. The molecule has 34 heavy (non-hydrogen) atoms. The number of carbonyl (C=O) groups is 3. The van der Waals surface area contributed by atoms with Crippen molar-refractivity contribution in [3.05, 3.63) is 23.3 Å². The van der Waals surface area contributed by atoms with Crippen LogP contribution in [0.2, 0.25) is 0 Å². The maximum Gasteiger partial charge on any atom is 0.315 e. The second-order valence-electron chi connectivity index (χ2n) is 8.81. The second-order valence-corrected chi connectivity index (χ2v) is 10.1. The molecule has 9 nitrogen and oxygen atoms in total. The molecule has 1 aromatic carbocycles. The Balaban J connectivity index is 1.73. The van der Waals surface area contributed by atoms with Crippen LogP contribution < -0.4 is 4.74 Å². The third-order valence-electron chi connectivity index (χ3n) is 6.68. The van der Waals surface area contributed by atoms with E-state index >= 15 is 0 Å². The number of likely N-dealkylation sites (tertiary alicyclic amines) is 1. The topological polar surface area (TPSA) is 130 Å². The van der Waals surface area contributed by atoms with Gasteiger partial charge in [-0.2, -0.15) is 8.78 Å². The van der Waals surface area contributed by atoms with E-state index in [1.807, 2.05) is 0 Å². The molecule has 3 aliphatic rings. The van der Waals surface area contributed by atoms with E-state index in [1.165, 1.54) is 4.90 Å². The summed E-state index contributed by atoms with van der Waals surface area (Å²) in [5.74, 6) is -17.9. The van der Waals surface area contributed by atoms with Crippen LogP contribution in [0.25, 0.3) is 0 Å². The van der Waals surface area contributed by atoms with Gasteiger partial charge in [0.25, 0.3) is 0 Å². The molecule has 14 heteroatoms. The van der Waals surface area contributed by atoms with Gasteiger partial charge in [-0.05, 0) is 26.2 Å². The van der Waals surface area contributed by atoms with Gasteiger partial charge in [0.15, 0.2) is 11.6 Å². The number of hydrogen-bond donors (Lipinski definition) is 0. The minimum Gasteiger partial charge on any atom is -0.744 e. The Morgan fingerprint density at radius 2 is 1.62 bits per heavy atom. The number of nitrogens with zero attached hydrogens (tertiary/aromatic N) is 1. The summed E-state index contributed by atoms with van der Waals surface area (Å²) in [6.07, 6.45) is -0.662. The van der Waals surface area contributed by atoms with E-state index in [1.54, 1.807) is 13.8 Å². The average molecular weight is 508 g/mol. The van der Waals surface area contributed by atoms with Gasteiger partial charge in [0.1, 0.15) is 21.1 Å². The van der Waals surface area contributed by atoms with Gasteiger partial charge in [0, 0.05) is 18.9 Å². The van der Waals surface area contributed by atoms with Gasteiger partial charge in [0.05, 0.1) is 17.9 Å². The van der Waals surface area contributed by atoms with Crippen LogP contribution in [0.15, 0.2) is 4.90 Å². The molecule has 2 bridgehead atoms. The van der Waals surface area contributed by atoms with E-state index in [2.05, 4.69) is 4.74 Å². The van der Waals surface area contributed by atoms with Crippen LogP contribution in [0.5, 0.6) is 5.75 Å². The Bertz CT molecular complexity index is 1190. The summed E-state index contributed by atoms with van der Waals surface area (Å²) in [6.45, 7) is 4.57. The summed E-state index contributed by atoms with van der Waals surface area (Å²) in [6, 6.07) is -0.836. The van der Waals surface area contributed by atoms with Crippen LogP contribution in [0, 0.1) is 46.9 Å². The zero-order chi connectivity index (χ0) is 25.4. The molecule has 0 spiro atoms. The first-order valence-electron chi connectivity index (χ1n) is 10.2. The summed E-state index contributed by atoms with van der Waals surface area (Å²) in [4.78, 5) is 36.8. The van der Waals surface area contributed by atoms with Crippen LogP contribution in [0.3, 0.4) is 0 Å². The van der Waals surface area contributed by atoms with Crippen LogP contribution in [-0.4, -0.2) is 53.9 Å². The molecule has 2 aliphatic carbocycles. The molecule has 4 rings (SSSR count). The monoisotopic (exact) mass is 508 g/mol. The summed E-state index contributed by atoms with van der Waals surface area (Å²) in [5.41, 5.74) is 0. The molecule has 1 aromatic rings. The summed E-state index contributed by atoms with van der Waals surface area (Å²) in [5, 5.41) is 0. The third-order valence-corrected chi connectivity index (χ3v) is 7.54. The minimum absolute atomic E-state index is 0.253. The van der Waals surface area contributed by atoms with Crippen molar-refractivity contribution in [3.63, 3.8) is 0 Å². The van der Waals surface area contributed by atoms with Crippen molar-refractivity contribution in [2.45, 2.75) is 50.3 Å². The van der Waals surface area contributed by atoms with E-state index in [-0.39, 0.29) is 12.5 Å². The minimum atomic E-state index is -5.94. The lowest BCUT2D eigenvalue weighted by molar-refractivity contribution is -0.158. The fourth-order valence-corrected chi connectivity index (χ4v) is 6.30. The number of benzene rings is 1. The van der Waals surface area contributed by atoms with Crippen LogP contribution in [0.1, 0.15) is 27.2 Å². The summed E-state index contributed by atoms with van der Waals surface area (Å²) >= 11 is 0. The van der Waals surface area contributed by atoms with E-state index in [4.69, 9.17) is 4.74 Å². The number of halogens is 4. The largest absolute Gasteiger partial charge is 0.744 e. The first-order valence-corrected chi connectivity index (χ1v) is 11.6.